The summed E-state index contributed by atoms with van der Waals surface area (Å²) in [7, 11) is 0. The van der Waals surface area contributed by atoms with Crippen LogP contribution in [0.25, 0.3) is 0 Å². The molecule has 0 spiro atoms. The largest absolute Gasteiger partial charge is 0.393 e. The molecule has 2 heterocycles. The second-order valence-corrected chi connectivity index (χ2v) is 4.51. The van der Waals surface area contributed by atoms with E-state index in [1.54, 1.807) is 0 Å². The quantitative estimate of drug-likeness (QED) is 0.650. The Bertz CT molecular complexity index is 160. The molecule has 0 aliphatic carbocycles. The van der Waals surface area contributed by atoms with Gasteiger partial charge < -0.3 is 15.3 Å². The van der Waals surface area contributed by atoms with Crippen LogP contribution in [0, 0.1) is 5.92 Å². The minimum atomic E-state index is -0.145. The van der Waals surface area contributed by atoms with Crippen LogP contribution in [0.3, 0.4) is 0 Å². The number of hydrogen-bond donors (Lipinski definition) is 2. The summed E-state index contributed by atoms with van der Waals surface area (Å²) in [4.78, 5) is 2.48. The fourth-order valence-electron chi connectivity index (χ4n) is 2.49. The van der Waals surface area contributed by atoms with Gasteiger partial charge in [0.05, 0.1) is 6.10 Å². The predicted octanol–water partition coefficient (Wildman–Crippen LogP) is 0.0510. The topological polar surface area (TPSA) is 35.5 Å². The summed E-state index contributed by atoms with van der Waals surface area (Å²) >= 11 is 0. The molecule has 2 fully saturated rings. The zero-order chi connectivity index (χ0) is 9.26. The minimum absolute atomic E-state index is 0.145. The van der Waals surface area contributed by atoms with E-state index in [9.17, 15) is 5.11 Å². The lowest BCUT2D eigenvalue weighted by molar-refractivity contribution is 0.162. The lowest BCUT2D eigenvalue weighted by Gasteiger charge is -2.17. The van der Waals surface area contributed by atoms with Crippen LogP contribution in [0.5, 0.6) is 0 Å². The molecule has 2 aliphatic rings. The molecule has 3 nitrogen and oxygen atoms in total. The van der Waals surface area contributed by atoms with Crippen molar-refractivity contribution in [1.82, 2.24) is 10.2 Å². The minimum Gasteiger partial charge on any atom is -0.393 e. The number of aliphatic hydroxyl groups is 1. The molecule has 2 saturated heterocycles. The summed E-state index contributed by atoms with van der Waals surface area (Å²) in [5, 5.41) is 12.7. The first-order chi connectivity index (χ1) is 6.25. The molecule has 3 atom stereocenters. The number of nitrogens with zero attached hydrogens (tertiary/aromatic N) is 1. The highest BCUT2D eigenvalue weighted by molar-refractivity contribution is 4.93. The molecule has 76 valence electrons. The number of nitrogens with one attached hydrogen (secondary N) is 1. The first kappa shape index (κ1) is 9.44. The number of aliphatic hydroxyl groups excluding tert-OH is 1. The SMILES string of the molecule is CC(O)CCN1C[C@@H]2CCN[C@@H]2C1. The number of rotatable bonds is 3. The Morgan fingerprint density at radius 1 is 1.54 bits per heavy atom. The highest BCUT2D eigenvalue weighted by Crippen LogP contribution is 2.24. The predicted molar refractivity (Wildman–Crippen MR) is 52.6 cm³/mol. The van der Waals surface area contributed by atoms with Crippen molar-refractivity contribution in [2.75, 3.05) is 26.2 Å². The third kappa shape index (κ3) is 2.22. The molecule has 0 aromatic heterocycles. The molecule has 0 saturated carbocycles. The van der Waals surface area contributed by atoms with E-state index in [1.807, 2.05) is 6.92 Å². The van der Waals surface area contributed by atoms with Gasteiger partial charge in [-0.1, -0.05) is 0 Å². The van der Waals surface area contributed by atoms with Crippen LogP contribution in [0.1, 0.15) is 19.8 Å². The molecule has 1 unspecified atom stereocenters. The molecule has 0 aromatic carbocycles. The van der Waals surface area contributed by atoms with E-state index in [1.165, 1.54) is 26.1 Å². The molecule has 3 heteroatoms. The zero-order valence-electron chi connectivity index (χ0n) is 8.37. The fourth-order valence-corrected chi connectivity index (χ4v) is 2.49. The lowest BCUT2D eigenvalue weighted by Crippen LogP contribution is -2.31. The normalized spacial score (nSPS) is 36.5. The summed E-state index contributed by atoms with van der Waals surface area (Å²) in [5.41, 5.74) is 0. The number of hydrogen-bond acceptors (Lipinski definition) is 3. The second kappa shape index (κ2) is 3.95. The molecule has 2 aliphatic heterocycles. The monoisotopic (exact) mass is 184 g/mol. The fraction of sp³-hybridized carbons (Fsp3) is 1.00. The Kier molecular flexibility index (Phi) is 2.86. The maximum Gasteiger partial charge on any atom is 0.0524 e. The summed E-state index contributed by atoms with van der Waals surface area (Å²) in [6.45, 7) is 6.57. The van der Waals surface area contributed by atoms with Crippen molar-refractivity contribution in [1.29, 1.82) is 0 Å². The van der Waals surface area contributed by atoms with Crippen molar-refractivity contribution in [3.8, 4) is 0 Å². The molecular formula is C10H20N2O. The van der Waals surface area contributed by atoms with E-state index >= 15 is 0 Å². The molecule has 0 bridgehead atoms. The van der Waals surface area contributed by atoms with E-state index in [-0.39, 0.29) is 6.10 Å². The van der Waals surface area contributed by atoms with Crippen LogP contribution in [-0.2, 0) is 0 Å². The van der Waals surface area contributed by atoms with E-state index in [2.05, 4.69) is 10.2 Å². The second-order valence-electron chi connectivity index (χ2n) is 4.51. The third-order valence-corrected chi connectivity index (χ3v) is 3.30. The maximum absolute atomic E-state index is 9.17. The molecule has 13 heavy (non-hydrogen) atoms. The van der Waals surface area contributed by atoms with Crippen molar-refractivity contribution in [3.63, 3.8) is 0 Å². The van der Waals surface area contributed by atoms with E-state index in [0.29, 0.717) is 0 Å². The maximum atomic E-state index is 9.17. The van der Waals surface area contributed by atoms with E-state index in [0.717, 1.165) is 24.9 Å². The number of fused-ring (bicyclic) bond motifs is 1. The van der Waals surface area contributed by atoms with Crippen LogP contribution < -0.4 is 5.32 Å². The van der Waals surface area contributed by atoms with Gasteiger partial charge in [0, 0.05) is 25.7 Å². The Hall–Kier alpha value is -0.120. The summed E-state index contributed by atoms with van der Waals surface area (Å²) < 4.78 is 0. The summed E-state index contributed by atoms with van der Waals surface area (Å²) in [6, 6.07) is 0.744. The standard InChI is InChI=1S/C10H20N2O/c1-8(13)3-5-12-6-9-2-4-11-10(9)7-12/h8-11,13H,2-7H2,1H3/t8?,9-,10+/m0/s1. The van der Waals surface area contributed by atoms with Gasteiger partial charge in [0.1, 0.15) is 0 Å². The Balaban J connectivity index is 1.73. The first-order valence-corrected chi connectivity index (χ1v) is 5.39. The molecule has 2 N–H and O–H groups in total. The van der Waals surface area contributed by atoms with Gasteiger partial charge >= 0.3 is 0 Å². The zero-order valence-corrected chi connectivity index (χ0v) is 8.37. The van der Waals surface area contributed by atoms with Crippen LogP contribution >= 0.6 is 0 Å². The highest BCUT2D eigenvalue weighted by atomic mass is 16.3. The lowest BCUT2D eigenvalue weighted by atomic mass is 10.1. The van der Waals surface area contributed by atoms with Crippen molar-refractivity contribution in [2.24, 2.45) is 5.92 Å². The highest BCUT2D eigenvalue weighted by Gasteiger charge is 2.35. The molecule has 0 aromatic rings. The van der Waals surface area contributed by atoms with E-state index in [4.69, 9.17) is 0 Å². The summed E-state index contributed by atoms with van der Waals surface area (Å²) in [5.74, 6) is 0.883. The van der Waals surface area contributed by atoms with E-state index < -0.39 is 0 Å². The molecule has 0 amide bonds. The van der Waals surface area contributed by atoms with Gasteiger partial charge in [0.2, 0.25) is 0 Å². The average molecular weight is 184 g/mol. The van der Waals surface area contributed by atoms with Crippen LogP contribution in [-0.4, -0.2) is 48.3 Å². The van der Waals surface area contributed by atoms with Gasteiger partial charge in [-0.15, -0.1) is 0 Å². The van der Waals surface area contributed by atoms with Crippen molar-refractivity contribution in [2.45, 2.75) is 31.9 Å². The average Bonchev–Trinajstić information content (AvgIpc) is 2.58. The smallest absolute Gasteiger partial charge is 0.0524 e. The van der Waals surface area contributed by atoms with Crippen LogP contribution in [0.15, 0.2) is 0 Å². The van der Waals surface area contributed by atoms with Crippen molar-refractivity contribution in [3.05, 3.63) is 0 Å². The Labute approximate surface area is 80.1 Å². The Morgan fingerprint density at radius 3 is 3.08 bits per heavy atom. The van der Waals surface area contributed by atoms with Gasteiger partial charge in [0.25, 0.3) is 0 Å². The van der Waals surface area contributed by atoms with Gasteiger partial charge in [-0.25, -0.2) is 0 Å². The van der Waals surface area contributed by atoms with Gasteiger partial charge in [-0.05, 0) is 32.2 Å². The van der Waals surface area contributed by atoms with Crippen molar-refractivity contribution >= 4 is 0 Å². The molecular weight excluding hydrogens is 164 g/mol. The molecule has 2 rings (SSSR count). The molecule has 0 radical (unpaired) electrons. The third-order valence-electron chi connectivity index (χ3n) is 3.30. The van der Waals surface area contributed by atoms with Gasteiger partial charge in [-0.2, -0.15) is 0 Å². The van der Waals surface area contributed by atoms with Crippen molar-refractivity contribution < 1.29 is 5.11 Å². The van der Waals surface area contributed by atoms with Gasteiger partial charge in [-0.3, -0.25) is 0 Å². The van der Waals surface area contributed by atoms with Crippen LogP contribution in [0.4, 0.5) is 0 Å². The summed E-state index contributed by atoms with van der Waals surface area (Å²) in [6.07, 6.45) is 2.11. The van der Waals surface area contributed by atoms with Gasteiger partial charge in [0.15, 0.2) is 0 Å². The van der Waals surface area contributed by atoms with Crippen LogP contribution in [0.2, 0.25) is 0 Å². The number of likely N-dealkylation sites (tertiary alicyclic amines) is 1. The first-order valence-electron chi connectivity index (χ1n) is 5.39. The Morgan fingerprint density at radius 2 is 2.38 bits per heavy atom.